The van der Waals surface area contributed by atoms with Crippen LogP contribution >= 0.6 is 22.9 Å². The molecule has 1 aromatic rings. The Labute approximate surface area is 98.2 Å². The quantitative estimate of drug-likeness (QED) is 0.817. The molecule has 2 unspecified atom stereocenters. The van der Waals surface area contributed by atoms with Crippen LogP contribution in [0.25, 0.3) is 0 Å². The summed E-state index contributed by atoms with van der Waals surface area (Å²) >= 11 is 7.17. The molecule has 1 aliphatic rings. The molecule has 0 bridgehead atoms. The highest BCUT2D eigenvalue weighted by Gasteiger charge is 2.28. The van der Waals surface area contributed by atoms with Crippen LogP contribution in [0, 0.1) is 0 Å². The molecular formula is C9H14ClN3OS. The van der Waals surface area contributed by atoms with E-state index in [4.69, 9.17) is 16.3 Å². The smallest absolute Gasteiger partial charge is 0.207 e. The standard InChI is InChI=1S/C9H14ClN3OS/c1-6-7(3-4-14-6)13(2)5-8-11-12-9(10)15-8/h6-7H,3-5H2,1-2H3. The molecule has 0 aliphatic carbocycles. The zero-order valence-electron chi connectivity index (χ0n) is 8.81. The van der Waals surface area contributed by atoms with Gasteiger partial charge < -0.3 is 4.74 Å². The molecule has 84 valence electrons. The average molecular weight is 248 g/mol. The fraction of sp³-hybridized carbons (Fsp3) is 0.778. The summed E-state index contributed by atoms with van der Waals surface area (Å²) < 4.78 is 6.04. The molecule has 2 atom stereocenters. The van der Waals surface area contributed by atoms with Crippen LogP contribution in [0.4, 0.5) is 0 Å². The molecule has 15 heavy (non-hydrogen) atoms. The summed E-state index contributed by atoms with van der Waals surface area (Å²) in [4.78, 5) is 2.26. The van der Waals surface area contributed by atoms with Crippen LogP contribution in [-0.2, 0) is 11.3 Å². The van der Waals surface area contributed by atoms with E-state index >= 15 is 0 Å². The van der Waals surface area contributed by atoms with Crippen molar-refractivity contribution in [3.63, 3.8) is 0 Å². The van der Waals surface area contributed by atoms with E-state index in [1.54, 1.807) is 0 Å². The van der Waals surface area contributed by atoms with Crippen LogP contribution in [0.5, 0.6) is 0 Å². The second-order valence-electron chi connectivity index (χ2n) is 3.80. The lowest BCUT2D eigenvalue weighted by Gasteiger charge is -2.25. The minimum absolute atomic E-state index is 0.304. The lowest BCUT2D eigenvalue weighted by molar-refractivity contribution is 0.0813. The Morgan fingerprint density at radius 2 is 2.40 bits per heavy atom. The second kappa shape index (κ2) is 4.74. The first-order valence-electron chi connectivity index (χ1n) is 4.96. The van der Waals surface area contributed by atoms with Crippen LogP contribution < -0.4 is 0 Å². The van der Waals surface area contributed by atoms with Crippen LogP contribution in [-0.4, -0.2) is 40.9 Å². The first-order chi connectivity index (χ1) is 7.16. The topological polar surface area (TPSA) is 38.2 Å². The van der Waals surface area contributed by atoms with E-state index < -0.39 is 0 Å². The molecule has 2 heterocycles. The Morgan fingerprint density at radius 3 is 2.93 bits per heavy atom. The number of ether oxygens (including phenoxy) is 1. The molecule has 1 saturated heterocycles. The number of aromatic nitrogens is 2. The molecule has 1 aromatic heterocycles. The van der Waals surface area contributed by atoms with E-state index in [0.717, 1.165) is 24.6 Å². The number of hydrogen-bond donors (Lipinski definition) is 0. The molecule has 0 saturated carbocycles. The minimum Gasteiger partial charge on any atom is -0.377 e. The lowest BCUT2D eigenvalue weighted by atomic mass is 10.1. The van der Waals surface area contributed by atoms with Crippen molar-refractivity contribution in [3.05, 3.63) is 9.47 Å². The molecule has 0 radical (unpaired) electrons. The van der Waals surface area contributed by atoms with Crippen LogP contribution in [0.15, 0.2) is 0 Å². The van der Waals surface area contributed by atoms with E-state index in [-0.39, 0.29) is 0 Å². The van der Waals surface area contributed by atoms with E-state index in [9.17, 15) is 0 Å². The maximum atomic E-state index is 5.73. The number of likely N-dealkylation sites (N-methyl/N-ethyl adjacent to an activating group) is 1. The first-order valence-corrected chi connectivity index (χ1v) is 6.16. The molecule has 0 N–H and O–H groups in total. The Kier molecular flexibility index (Phi) is 3.56. The fourth-order valence-corrected chi connectivity index (χ4v) is 2.86. The first kappa shape index (κ1) is 11.3. The van der Waals surface area contributed by atoms with E-state index in [1.807, 2.05) is 0 Å². The molecule has 4 nitrogen and oxygen atoms in total. The van der Waals surface area contributed by atoms with Gasteiger partial charge in [-0.1, -0.05) is 11.3 Å². The Bertz CT molecular complexity index is 333. The van der Waals surface area contributed by atoms with E-state index in [2.05, 4.69) is 29.1 Å². The largest absolute Gasteiger partial charge is 0.377 e. The summed E-state index contributed by atoms with van der Waals surface area (Å²) in [5, 5.41) is 8.76. The molecule has 0 spiro atoms. The predicted molar refractivity (Wildman–Crippen MR) is 60.2 cm³/mol. The van der Waals surface area contributed by atoms with E-state index in [1.165, 1.54) is 11.3 Å². The van der Waals surface area contributed by atoms with Gasteiger partial charge in [-0.2, -0.15) is 0 Å². The molecule has 0 aromatic carbocycles. The van der Waals surface area contributed by atoms with Crippen LogP contribution in [0.1, 0.15) is 18.4 Å². The monoisotopic (exact) mass is 247 g/mol. The van der Waals surface area contributed by atoms with Crippen molar-refractivity contribution in [3.8, 4) is 0 Å². The summed E-state index contributed by atoms with van der Waals surface area (Å²) in [5.41, 5.74) is 0. The van der Waals surface area contributed by atoms with Gasteiger partial charge in [-0.05, 0) is 32.0 Å². The summed E-state index contributed by atoms with van der Waals surface area (Å²) in [6.07, 6.45) is 1.39. The Hall–Kier alpha value is -0.230. The van der Waals surface area contributed by atoms with Gasteiger partial charge in [0.2, 0.25) is 4.47 Å². The van der Waals surface area contributed by atoms with Gasteiger partial charge in [0, 0.05) is 12.6 Å². The highest BCUT2D eigenvalue weighted by atomic mass is 35.5. The normalized spacial score (nSPS) is 26.4. The van der Waals surface area contributed by atoms with Crippen molar-refractivity contribution in [2.45, 2.75) is 32.0 Å². The highest BCUT2D eigenvalue weighted by molar-refractivity contribution is 7.15. The minimum atomic E-state index is 0.304. The zero-order valence-corrected chi connectivity index (χ0v) is 10.4. The Balaban J connectivity index is 1.94. The molecular weight excluding hydrogens is 234 g/mol. The highest BCUT2D eigenvalue weighted by Crippen LogP contribution is 2.22. The van der Waals surface area contributed by atoms with Gasteiger partial charge in [-0.3, -0.25) is 4.90 Å². The van der Waals surface area contributed by atoms with Crippen molar-refractivity contribution in [1.82, 2.24) is 15.1 Å². The van der Waals surface area contributed by atoms with Gasteiger partial charge in [0.25, 0.3) is 0 Å². The Morgan fingerprint density at radius 1 is 1.60 bits per heavy atom. The van der Waals surface area contributed by atoms with Crippen LogP contribution in [0.3, 0.4) is 0 Å². The number of hydrogen-bond acceptors (Lipinski definition) is 5. The van der Waals surface area contributed by atoms with Gasteiger partial charge in [0.15, 0.2) is 0 Å². The van der Waals surface area contributed by atoms with Gasteiger partial charge in [0.1, 0.15) is 5.01 Å². The number of nitrogens with zero attached hydrogens (tertiary/aromatic N) is 3. The van der Waals surface area contributed by atoms with Gasteiger partial charge >= 0.3 is 0 Å². The van der Waals surface area contributed by atoms with Gasteiger partial charge in [-0.25, -0.2) is 0 Å². The molecule has 6 heteroatoms. The van der Waals surface area contributed by atoms with Gasteiger partial charge in [-0.15, -0.1) is 10.2 Å². The third kappa shape index (κ3) is 2.66. The maximum absolute atomic E-state index is 5.73. The van der Waals surface area contributed by atoms with E-state index in [0.29, 0.717) is 16.6 Å². The fourth-order valence-electron chi connectivity index (χ4n) is 1.93. The number of rotatable bonds is 3. The van der Waals surface area contributed by atoms with Gasteiger partial charge in [0.05, 0.1) is 12.6 Å². The van der Waals surface area contributed by atoms with Crippen molar-refractivity contribution < 1.29 is 4.74 Å². The summed E-state index contributed by atoms with van der Waals surface area (Å²) in [6, 6.07) is 0.479. The van der Waals surface area contributed by atoms with Crippen molar-refractivity contribution >= 4 is 22.9 Å². The molecule has 1 fully saturated rings. The molecule has 2 rings (SSSR count). The average Bonchev–Trinajstić information content (AvgIpc) is 2.75. The van der Waals surface area contributed by atoms with Crippen LogP contribution in [0.2, 0.25) is 4.47 Å². The number of halogens is 1. The maximum Gasteiger partial charge on any atom is 0.207 e. The summed E-state index contributed by atoms with van der Waals surface area (Å²) in [6.45, 7) is 3.76. The lowest BCUT2D eigenvalue weighted by Crippen LogP contribution is -2.36. The third-order valence-electron chi connectivity index (χ3n) is 2.73. The third-order valence-corrected chi connectivity index (χ3v) is 3.73. The van der Waals surface area contributed by atoms with Crippen molar-refractivity contribution in [2.75, 3.05) is 13.7 Å². The van der Waals surface area contributed by atoms with Crippen molar-refractivity contribution in [2.24, 2.45) is 0 Å². The summed E-state index contributed by atoms with van der Waals surface area (Å²) in [7, 11) is 2.09. The SMILES string of the molecule is CC1OCCC1N(C)Cc1nnc(Cl)s1. The predicted octanol–water partition coefficient (Wildman–Crippen LogP) is 1.80. The second-order valence-corrected chi connectivity index (χ2v) is 5.44. The van der Waals surface area contributed by atoms with Crippen molar-refractivity contribution in [1.29, 1.82) is 0 Å². The zero-order chi connectivity index (χ0) is 10.8. The molecule has 0 amide bonds. The summed E-state index contributed by atoms with van der Waals surface area (Å²) in [5.74, 6) is 0. The molecule has 1 aliphatic heterocycles.